The zero-order chi connectivity index (χ0) is 10.8. The molecule has 1 aliphatic carbocycles. The van der Waals surface area contributed by atoms with Crippen molar-refractivity contribution in [3.05, 3.63) is 29.8 Å². The van der Waals surface area contributed by atoms with E-state index in [1.165, 1.54) is 0 Å². The van der Waals surface area contributed by atoms with Crippen LogP contribution in [0, 0.1) is 5.92 Å². The molecule has 0 bridgehead atoms. The maximum absolute atomic E-state index is 10.8. The van der Waals surface area contributed by atoms with E-state index in [-0.39, 0.29) is 0 Å². The summed E-state index contributed by atoms with van der Waals surface area (Å²) in [5, 5.41) is 0. The Balaban J connectivity index is 2.16. The Bertz CT molecular complexity index is 404. The highest BCUT2D eigenvalue weighted by atomic mass is 16.1. The van der Waals surface area contributed by atoms with Crippen LogP contribution in [-0.2, 0) is 0 Å². The predicted molar refractivity (Wildman–Crippen MR) is 59.0 cm³/mol. The van der Waals surface area contributed by atoms with Crippen LogP contribution in [0.1, 0.15) is 23.2 Å². The Kier molecular flexibility index (Phi) is 2.41. The first kappa shape index (κ1) is 9.71. The van der Waals surface area contributed by atoms with Gasteiger partial charge in [0.15, 0.2) is 0 Å². The number of aliphatic imine (C=N–C) groups is 1. The van der Waals surface area contributed by atoms with Crippen molar-refractivity contribution in [1.82, 2.24) is 0 Å². The summed E-state index contributed by atoms with van der Waals surface area (Å²) in [5.41, 5.74) is 12.1. The number of amidine groups is 1. The molecule has 2 rings (SSSR count). The van der Waals surface area contributed by atoms with E-state index >= 15 is 0 Å². The van der Waals surface area contributed by atoms with E-state index in [9.17, 15) is 4.79 Å². The number of rotatable bonds is 3. The van der Waals surface area contributed by atoms with Crippen LogP contribution in [0.3, 0.4) is 0 Å². The predicted octanol–water partition coefficient (Wildman–Crippen LogP) is 1.18. The highest BCUT2D eigenvalue weighted by Gasteiger charge is 2.25. The van der Waals surface area contributed by atoms with Gasteiger partial charge in [0, 0.05) is 11.5 Å². The molecule has 1 amide bonds. The van der Waals surface area contributed by atoms with E-state index in [0.29, 0.717) is 17.3 Å². The summed E-state index contributed by atoms with van der Waals surface area (Å²) in [6, 6.07) is 6.80. The van der Waals surface area contributed by atoms with Gasteiger partial charge >= 0.3 is 0 Å². The second-order valence-corrected chi connectivity index (χ2v) is 3.72. The smallest absolute Gasteiger partial charge is 0.248 e. The zero-order valence-electron chi connectivity index (χ0n) is 8.31. The van der Waals surface area contributed by atoms with Crippen LogP contribution in [-0.4, -0.2) is 11.7 Å². The molecule has 78 valence electrons. The number of amides is 1. The summed E-state index contributed by atoms with van der Waals surface area (Å²) in [5.74, 6) is 0.711. The van der Waals surface area contributed by atoms with E-state index < -0.39 is 5.91 Å². The number of carbonyl (C=O) groups is 1. The van der Waals surface area contributed by atoms with Crippen molar-refractivity contribution < 1.29 is 4.79 Å². The molecule has 1 aliphatic rings. The van der Waals surface area contributed by atoms with Gasteiger partial charge in [-0.15, -0.1) is 0 Å². The summed E-state index contributed by atoms with van der Waals surface area (Å²) in [6.45, 7) is 0. The Labute approximate surface area is 88.0 Å². The molecular formula is C11H13N3O. The molecule has 4 nitrogen and oxygen atoms in total. The van der Waals surface area contributed by atoms with Crippen molar-refractivity contribution >= 4 is 17.4 Å². The minimum atomic E-state index is -0.430. The highest BCUT2D eigenvalue weighted by Crippen LogP contribution is 2.30. The first-order valence-electron chi connectivity index (χ1n) is 4.91. The van der Waals surface area contributed by atoms with E-state index in [4.69, 9.17) is 11.5 Å². The van der Waals surface area contributed by atoms with E-state index in [1.807, 2.05) is 0 Å². The number of primary amides is 1. The number of nitrogens with two attached hydrogens (primary N) is 2. The second-order valence-electron chi connectivity index (χ2n) is 3.72. The van der Waals surface area contributed by atoms with Gasteiger partial charge in [0.25, 0.3) is 0 Å². The Morgan fingerprint density at radius 2 is 1.80 bits per heavy atom. The van der Waals surface area contributed by atoms with Gasteiger partial charge in [-0.25, -0.2) is 4.99 Å². The molecule has 0 atom stereocenters. The SMILES string of the molecule is NC(=O)c1ccc(N=C(N)C2CC2)cc1. The van der Waals surface area contributed by atoms with Crippen molar-refractivity contribution in [2.75, 3.05) is 0 Å². The van der Waals surface area contributed by atoms with Crippen LogP contribution in [0.2, 0.25) is 0 Å². The van der Waals surface area contributed by atoms with Gasteiger partial charge in [0.2, 0.25) is 5.91 Å². The molecule has 15 heavy (non-hydrogen) atoms. The van der Waals surface area contributed by atoms with Gasteiger partial charge in [-0.05, 0) is 37.1 Å². The normalized spacial score (nSPS) is 16.4. The lowest BCUT2D eigenvalue weighted by Gasteiger charge is -1.99. The van der Waals surface area contributed by atoms with Gasteiger partial charge in [-0.1, -0.05) is 0 Å². The maximum Gasteiger partial charge on any atom is 0.248 e. The summed E-state index contributed by atoms with van der Waals surface area (Å²) in [6.07, 6.45) is 2.27. The molecular weight excluding hydrogens is 190 g/mol. The lowest BCUT2D eigenvalue weighted by Crippen LogP contribution is -2.13. The third-order valence-electron chi connectivity index (χ3n) is 2.41. The van der Waals surface area contributed by atoms with Crippen molar-refractivity contribution in [2.24, 2.45) is 22.4 Å². The molecule has 0 aromatic heterocycles. The van der Waals surface area contributed by atoms with E-state index in [0.717, 1.165) is 18.5 Å². The lowest BCUT2D eigenvalue weighted by molar-refractivity contribution is 0.100. The highest BCUT2D eigenvalue weighted by molar-refractivity contribution is 5.93. The Morgan fingerprint density at radius 1 is 1.20 bits per heavy atom. The molecule has 1 fully saturated rings. The zero-order valence-corrected chi connectivity index (χ0v) is 8.31. The first-order valence-corrected chi connectivity index (χ1v) is 4.91. The van der Waals surface area contributed by atoms with Gasteiger partial charge in [0.1, 0.15) is 5.84 Å². The molecule has 1 aromatic carbocycles. The van der Waals surface area contributed by atoms with Crippen LogP contribution in [0.25, 0.3) is 0 Å². The molecule has 0 heterocycles. The number of carbonyl (C=O) groups excluding carboxylic acids is 1. The summed E-state index contributed by atoms with van der Waals surface area (Å²) in [4.78, 5) is 15.1. The van der Waals surface area contributed by atoms with E-state index in [1.54, 1.807) is 24.3 Å². The Morgan fingerprint density at radius 3 is 2.27 bits per heavy atom. The quantitative estimate of drug-likeness (QED) is 0.571. The maximum atomic E-state index is 10.8. The van der Waals surface area contributed by atoms with Gasteiger partial charge in [0.05, 0.1) is 5.69 Å². The average Bonchev–Trinajstić information content (AvgIpc) is 3.01. The van der Waals surface area contributed by atoms with Crippen molar-refractivity contribution in [3.63, 3.8) is 0 Å². The largest absolute Gasteiger partial charge is 0.387 e. The molecule has 4 heteroatoms. The standard InChI is InChI=1S/C11H13N3O/c12-10(7-1-2-7)14-9-5-3-8(4-6-9)11(13)15/h3-7H,1-2H2,(H2,12,14)(H2,13,15). The molecule has 0 saturated heterocycles. The molecule has 4 N–H and O–H groups in total. The first-order chi connectivity index (χ1) is 7.16. The monoisotopic (exact) mass is 203 g/mol. The summed E-state index contributed by atoms with van der Waals surface area (Å²) >= 11 is 0. The number of hydrogen-bond acceptors (Lipinski definition) is 2. The average molecular weight is 203 g/mol. The van der Waals surface area contributed by atoms with Gasteiger partial charge < -0.3 is 11.5 Å². The van der Waals surface area contributed by atoms with Crippen LogP contribution in [0.4, 0.5) is 5.69 Å². The summed E-state index contributed by atoms with van der Waals surface area (Å²) < 4.78 is 0. The fraction of sp³-hybridized carbons (Fsp3) is 0.273. The van der Waals surface area contributed by atoms with Crippen LogP contribution in [0.5, 0.6) is 0 Å². The lowest BCUT2D eigenvalue weighted by atomic mass is 10.2. The van der Waals surface area contributed by atoms with Crippen molar-refractivity contribution in [2.45, 2.75) is 12.8 Å². The van der Waals surface area contributed by atoms with Crippen molar-refractivity contribution in [1.29, 1.82) is 0 Å². The van der Waals surface area contributed by atoms with Gasteiger partial charge in [-0.2, -0.15) is 0 Å². The number of hydrogen-bond donors (Lipinski definition) is 2. The molecule has 0 aliphatic heterocycles. The minimum absolute atomic E-state index is 0.430. The molecule has 0 unspecified atom stereocenters. The topological polar surface area (TPSA) is 81.5 Å². The molecule has 1 aromatic rings. The number of nitrogens with zero attached hydrogens (tertiary/aromatic N) is 1. The van der Waals surface area contributed by atoms with E-state index in [2.05, 4.69) is 4.99 Å². The fourth-order valence-corrected chi connectivity index (χ4v) is 1.32. The molecule has 0 spiro atoms. The van der Waals surface area contributed by atoms with Crippen LogP contribution >= 0.6 is 0 Å². The van der Waals surface area contributed by atoms with Gasteiger partial charge in [-0.3, -0.25) is 4.79 Å². The molecule has 0 radical (unpaired) electrons. The summed E-state index contributed by atoms with van der Waals surface area (Å²) in [7, 11) is 0. The second kappa shape index (κ2) is 3.73. The van der Waals surface area contributed by atoms with Crippen molar-refractivity contribution in [3.8, 4) is 0 Å². The third-order valence-corrected chi connectivity index (χ3v) is 2.41. The third kappa shape index (κ3) is 2.34. The van der Waals surface area contributed by atoms with Crippen LogP contribution < -0.4 is 11.5 Å². The number of benzene rings is 1. The Hall–Kier alpha value is -1.84. The fourth-order valence-electron chi connectivity index (χ4n) is 1.32. The van der Waals surface area contributed by atoms with Crippen LogP contribution in [0.15, 0.2) is 29.3 Å². The molecule has 1 saturated carbocycles. The minimum Gasteiger partial charge on any atom is -0.387 e.